The number of methoxy groups -OCH3 is 1. The fourth-order valence-electron chi connectivity index (χ4n) is 1.84. The van der Waals surface area contributed by atoms with Gasteiger partial charge in [-0.15, -0.1) is 0 Å². The molecular weight excluding hydrogens is 231 g/mol. The fourth-order valence-corrected chi connectivity index (χ4v) is 1.84. The van der Waals surface area contributed by atoms with Crippen molar-refractivity contribution < 1.29 is 13.9 Å². The molecule has 0 saturated heterocycles. The minimum absolute atomic E-state index is 0.0605. The van der Waals surface area contributed by atoms with Crippen LogP contribution in [-0.2, 0) is 0 Å². The zero-order valence-electron chi connectivity index (χ0n) is 10.2. The van der Waals surface area contributed by atoms with Crippen LogP contribution in [0.5, 0.6) is 5.75 Å². The summed E-state index contributed by atoms with van der Waals surface area (Å²) < 4.78 is 18.9. The van der Waals surface area contributed by atoms with Gasteiger partial charge >= 0.3 is 0 Å². The summed E-state index contributed by atoms with van der Waals surface area (Å²) in [5.74, 6) is 0.157. The van der Waals surface area contributed by atoms with Gasteiger partial charge in [0.1, 0.15) is 11.6 Å². The SMILES string of the molecule is COc1ccc(C)cc1-c1ccc(C=O)c(F)c1. The van der Waals surface area contributed by atoms with Crippen LogP contribution in [0.15, 0.2) is 36.4 Å². The van der Waals surface area contributed by atoms with Crippen LogP contribution < -0.4 is 4.74 Å². The highest BCUT2D eigenvalue weighted by Crippen LogP contribution is 2.31. The Morgan fingerprint density at radius 1 is 1.17 bits per heavy atom. The third-order valence-corrected chi connectivity index (χ3v) is 2.79. The summed E-state index contributed by atoms with van der Waals surface area (Å²) in [4.78, 5) is 10.6. The molecule has 0 aliphatic carbocycles. The zero-order chi connectivity index (χ0) is 13.1. The van der Waals surface area contributed by atoms with Crippen molar-refractivity contribution in [3.63, 3.8) is 0 Å². The van der Waals surface area contributed by atoms with Crippen molar-refractivity contribution in [3.8, 4) is 16.9 Å². The molecule has 0 radical (unpaired) electrons. The van der Waals surface area contributed by atoms with E-state index in [0.717, 1.165) is 11.1 Å². The summed E-state index contributed by atoms with van der Waals surface area (Å²) in [5.41, 5.74) is 2.63. The first-order valence-electron chi connectivity index (χ1n) is 5.55. The Morgan fingerprint density at radius 2 is 1.94 bits per heavy atom. The summed E-state index contributed by atoms with van der Waals surface area (Å²) >= 11 is 0. The largest absolute Gasteiger partial charge is 0.496 e. The van der Waals surface area contributed by atoms with Crippen molar-refractivity contribution in [2.75, 3.05) is 7.11 Å². The number of ether oxygens (including phenoxy) is 1. The molecule has 18 heavy (non-hydrogen) atoms. The molecule has 0 aromatic heterocycles. The van der Waals surface area contributed by atoms with Gasteiger partial charge in [0, 0.05) is 5.56 Å². The number of halogens is 1. The van der Waals surface area contributed by atoms with Gasteiger partial charge < -0.3 is 4.74 Å². The number of hydrogen-bond donors (Lipinski definition) is 0. The molecule has 2 aromatic rings. The first kappa shape index (κ1) is 12.3. The molecule has 0 fully saturated rings. The van der Waals surface area contributed by atoms with E-state index in [4.69, 9.17) is 4.74 Å². The molecule has 3 heteroatoms. The van der Waals surface area contributed by atoms with E-state index < -0.39 is 5.82 Å². The third-order valence-electron chi connectivity index (χ3n) is 2.79. The lowest BCUT2D eigenvalue weighted by atomic mass is 10.0. The van der Waals surface area contributed by atoms with Gasteiger partial charge in [0.15, 0.2) is 6.29 Å². The third kappa shape index (κ3) is 2.25. The molecule has 0 amide bonds. The lowest BCUT2D eigenvalue weighted by Gasteiger charge is -2.10. The average molecular weight is 244 g/mol. The first-order valence-corrected chi connectivity index (χ1v) is 5.55. The molecule has 0 bridgehead atoms. The Kier molecular flexibility index (Phi) is 3.42. The summed E-state index contributed by atoms with van der Waals surface area (Å²) in [6.07, 6.45) is 0.507. The van der Waals surface area contributed by atoms with Crippen molar-refractivity contribution in [1.82, 2.24) is 0 Å². The molecule has 0 heterocycles. The quantitative estimate of drug-likeness (QED) is 0.771. The molecule has 0 saturated carbocycles. The van der Waals surface area contributed by atoms with E-state index in [1.807, 2.05) is 25.1 Å². The van der Waals surface area contributed by atoms with Gasteiger partial charge in [0.25, 0.3) is 0 Å². The van der Waals surface area contributed by atoms with Gasteiger partial charge in [0.05, 0.1) is 12.7 Å². The highest BCUT2D eigenvalue weighted by Gasteiger charge is 2.09. The number of hydrogen-bond acceptors (Lipinski definition) is 2. The number of carbonyl (C=O) groups excluding carboxylic acids is 1. The highest BCUT2D eigenvalue weighted by molar-refractivity contribution is 5.79. The standard InChI is InChI=1S/C15H13FO2/c1-10-3-6-15(18-2)13(7-10)11-4-5-12(9-17)14(16)8-11/h3-9H,1-2H3. The van der Waals surface area contributed by atoms with Crippen LogP contribution in [0.3, 0.4) is 0 Å². The second-order valence-electron chi connectivity index (χ2n) is 4.06. The van der Waals surface area contributed by atoms with Crippen molar-refractivity contribution in [2.24, 2.45) is 0 Å². The smallest absolute Gasteiger partial charge is 0.152 e. The van der Waals surface area contributed by atoms with Crippen LogP contribution in [0.2, 0.25) is 0 Å². The van der Waals surface area contributed by atoms with Crippen molar-refractivity contribution in [2.45, 2.75) is 6.92 Å². The van der Waals surface area contributed by atoms with Gasteiger partial charge in [-0.2, -0.15) is 0 Å². The first-order chi connectivity index (χ1) is 8.65. The Bertz CT molecular complexity index is 591. The number of aryl methyl sites for hydroxylation is 1. The predicted molar refractivity (Wildman–Crippen MR) is 68.5 cm³/mol. The molecule has 0 atom stereocenters. The van der Waals surface area contributed by atoms with Gasteiger partial charge in [-0.1, -0.05) is 17.7 Å². The molecule has 0 aliphatic rings. The maximum absolute atomic E-state index is 13.6. The minimum Gasteiger partial charge on any atom is -0.496 e. The van der Waals surface area contributed by atoms with Crippen molar-refractivity contribution >= 4 is 6.29 Å². The summed E-state index contributed by atoms with van der Waals surface area (Å²) in [7, 11) is 1.57. The van der Waals surface area contributed by atoms with Crippen LogP contribution >= 0.6 is 0 Å². The molecular formula is C15H13FO2. The van der Waals surface area contributed by atoms with Crippen molar-refractivity contribution in [3.05, 3.63) is 53.3 Å². The number of rotatable bonds is 3. The van der Waals surface area contributed by atoms with Crippen LogP contribution in [0.1, 0.15) is 15.9 Å². The maximum atomic E-state index is 13.6. The topological polar surface area (TPSA) is 26.3 Å². The lowest BCUT2D eigenvalue weighted by Crippen LogP contribution is -1.92. The van der Waals surface area contributed by atoms with Gasteiger partial charge in [-0.05, 0) is 36.8 Å². The Balaban J connectivity index is 2.57. The van der Waals surface area contributed by atoms with E-state index >= 15 is 0 Å². The summed E-state index contributed by atoms with van der Waals surface area (Å²) in [5, 5.41) is 0. The van der Waals surface area contributed by atoms with Gasteiger partial charge in [-0.3, -0.25) is 4.79 Å². The molecule has 2 nitrogen and oxygen atoms in total. The van der Waals surface area contributed by atoms with E-state index in [-0.39, 0.29) is 5.56 Å². The monoisotopic (exact) mass is 244 g/mol. The highest BCUT2D eigenvalue weighted by atomic mass is 19.1. The molecule has 2 aromatic carbocycles. The molecule has 2 rings (SSSR count). The Morgan fingerprint density at radius 3 is 2.56 bits per heavy atom. The van der Waals surface area contributed by atoms with Crippen LogP contribution in [-0.4, -0.2) is 13.4 Å². The van der Waals surface area contributed by atoms with E-state index in [9.17, 15) is 9.18 Å². The average Bonchev–Trinajstić information content (AvgIpc) is 2.38. The molecule has 0 unspecified atom stereocenters. The molecule has 92 valence electrons. The molecule has 0 spiro atoms. The summed E-state index contributed by atoms with van der Waals surface area (Å²) in [6.45, 7) is 1.96. The van der Waals surface area contributed by atoms with Gasteiger partial charge in [-0.25, -0.2) is 4.39 Å². The second kappa shape index (κ2) is 5.00. The van der Waals surface area contributed by atoms with E-state index in [2.05, 4.69) is 0 Å². The Labute approximate surface area is 105 Å². The second-order valence-corrected chi connectivity index (χ2v) is 4.06. The van der Waals surface area contributed by atoms with Crippen LogP contribution in [0, 0.1) is 12.7 Å². The van der Waals surface area contributed by atoms with Crippen LogP contribution in [0.4, 0.5) is 4.39 Å². The Hall–Kier alpha value is -2.16. The number of benzene rings is 2. The van der Waals surface area contributed by atoms with E-state index in [1.165, 1.54) is 12.1 Å². The minimum atomic E-state index is -0.522. The molecule has 0 N–H and O–H groups in total. The summed E-state index contributed by atoms with van der Waals surface area (Å²) in [6, 6.07) is 10.2. The van der Waals surface area contributed by atoms with Gasteiger partial charge in [0.2, 0.25) is 0 Å². The predicted octanol–water partition coefficient (Wildman–Crippen LogP) is 3.62. The van der Waals surface area contributed by atoms with Crippen molar-refractivity contribution in [1.29, 1.82) is 0 Å². The molecule has 0 aliphatic heterocycles. The normalized spacial score (nSPS) is 10.2. The van der Waals surface area contributed by atoms with E-state index in [1.54, 1.807) is 13.2 Å². The number of aldehydes is 1. The maximum Gasteiger partial charge on any atom is 0.152 e. The fraction of sp³-hybridized carbons (Fsp3) is 0.133. The zero-order valence-corrected chi connectivity index (χ0v) is 10.2. The van der Waals surface area contributed by atoms with E-state index in [0.29, 0.717) is 17.6 Å². The number of carbonyl (C=O) groups is 1. The van der Waals surface area contributed by atoms with Crippen LogP contribution in [0.25, 0.3) is 11.1 Å². The lowest BCUT2D eigenvalue weighted by molar-refractivity contribution is 0.112.